The number of carbonyl (C=O) groups is 1. The van der Waals surface area contributed by atoms with Gasteiger partial charge in [0, 0.05) is 31.0 Å². The molecule has 1 saturated carbocycles. The Morgan fingerprint density at radius 1 is 1.04 bits per heavy atom. The van der Waals surface area contributed by atoms with Crippen molar-refractivity contribution >= 4 is 5.91 Å². The van der Waals surface area contributed by atoms with Gasteiger partial charge in [-0.05, 0) is 30.9 Å². The van der Waals surface area contributed by atoms with E-state index in [1.165, 1.54) is 6.42 Å². The average Bonchev–Trinajstić information content (AvgIpc) is 3.18. The molecule has 2 aromatic rings. The predicted octanol–water partition coefficient (Wildman–Crippen LogP) is 2.60. The summed E-state index contributed by atoms with van der Waals surface area (Å²) < 4.78 is 0. The number of likely N-dealkylation sites (N-methyl/N-ethyl adjacent to an activating group) is 1. The van der Waals surface area contributed by atoms with Crippen LogP contribution in [-0.2, 0) is 4.79 Å². The van der Waals surface area contributed by atoms with Gasteiger partial charge in [0.1, 0.15) is 11.7 Å². The van der Waals surface area contributed by atoms with E-state index in [0.29, 0.717) is 17.8 Å². The van der Waals surface area contributed by atoms with Crippen LogP contribution in [0.4, 0.5) is 0 Å². The Morgan fingerprint density at radius 2 is 1.75 bits per heavy atom. The fraction of sp³-hybridized carbons (Fsp3) is 0.350. The molecule has 1 aromatic heterocycles. The number of hydrogen-bond donors (Lipinski definition) is 0. The normalized spacial score (nSPS) is 25.3. The number of benzene rings is 1. The molecule has 4 rings (SSSR count). The van der Waals surface area contributed by atoms with Crippen molar-refractivity contribution < 1.29 is 4.79 Å². The average molecular weight is 317 g/mol. The third kappa shape index (κ3) is 2.56. The van der Waals surface area contributed by atoms with E-state index >= 15 is 0 Å². The van der Waals surface area contributed by atoms with Gasteiger partial charge in [0.05, 0.1) is 5.56 Å². The van der Waals surface area contributed by atoms with Crippen molar-refractivity contribution in [3.63, 3.8) is 0 Å². The van der Waals surface area contributed by atoms with Crippen LogP contribution in [-0.4, -0.2) is 33.9 Å². The molecule has 2 fully saturated rings. The van der Waals surface area contributed by atoms with Gasteiger partial charge in [-0.1, -0.05) is 36.5 Å². The van der Waals surface area contributed by atoms with Crippen molar-refractivity contribution in [2.24, 2.45) is 5.92 Å². The maximum atomic E-state index is 12.5. The zero-order valence-electron chi connectivity index (χ0n) is 13.6. The van der Waals surface area contributed by atoms with E-state index in [9.17, 15) is 4.79 Å². The lowest BCUT2D eigenvalue weighted by molar-refractivity contribution is -0.129. The topological polar surface area (TPSA) is 46.1 Å². The van der Waals surface area contributed by atoms with Crippen LogP contribution < -0.4 is 0 Å². The van der Waals surface area contributed by atoms with Gasteiger partial charge < -0.3 is 4.90 Å². The summed E-state index contributed by atoms with van der Waals surface area (Å²) in [5.74, 6) is 7.16. The van der Waals surface area contributed by atoms with E-state index in [-0.39, 0.29) is 11.8 Å². The van der Waals surface area contributed by atoms with E-state index in [1.54, 1.807) is 12.4 Å². The largest absolute Gasteiger partial charge is 0.342 e. The highest BCUT2D eigenvalue weighted by Crippen LogP contribution is 2.45. The molecule has 2 unspecified atom stereocenters. The number of nitrogens with zero attached hydrogens (tertiary/aromatic N) is 3. The molecule has 4 nitrogen and oxygen atoms in total. The second-order valence-corrected chi connectivity index (χ2v) is 6.53. The number of amides is 1. The minimum atomic E-state index is -0.182. The Bertz CT molecular complexity index is 804. The maximum absolute atomic E-state index is 12.5. The summed E-state index contributed by atoms with van der Waals surface area (Å²) in [6.45, 7) is 0. The molecule has 120 valence electrons. The van der Waals surface area contributed by atoms with Crippen LogP contribution >= 0.6 is 0 Å². The van der Waals surface area contributed by atoms with Gasteiger partial charge in [-0.3, -0.25) is 4.79 Å². The summed E-state index contributed by atoms with van der Waals surface area (Å²) >= 11 is 0. The first-order valence-electron chi connectivity index (χ1n) is 8.40. The Morgan fingerprint density at radius 3 is 2.50 bits per heavy atom. The standard InChI is InChI=1S/C20H19N3O/c1-23-17-9-5-8-16(17)18(20(23)24)19-21-12-15(13-22-19)11-10-14-6-3-2-4-7-14/h2-4,6-7,12-13,16-18H,5,8-9H2,1H3/t16?,17-,18?/m0/s1. The molecule has 1 aliphatic heterocycles. The van der Waals surface area contributed by atoms with E-state index in [4.69, 9.17) is 0 Å². The van der Waals surface area contributed by atoms with E-state index in [0.717, 1.165) is 24.0 Å². The number of carbonyl (C=O) groups excluding carboxylic acids is 1. The third-order valence-electron chi connectivity index (χ3n) is 5.15. The van der Waals surface area contributed by atoms with Gasteiger partial charge in [-0.25, -0.2) is 9.97 Å². The van der Waals surface area contributed by atoms with Gasteiger partial charge >= 0.3 is 0 Å². The minimum absolute atomic E-state index is 0.160. The van der Waals surface area contributed by atoms with Crippen LogP contribution in [0.15, 0.2) is 42.7 Å². The van der Waals surface area contributed by atoms with Gasteiger partial charge in [-0.2, -0.15) is 0 Å². The van der Waals surface area contributed by atoms with E-state index in [1.807, 2.05) is 42.3 Å². The molecule has 3 atom stereocenters. The lowest BCUT2D eigenvalue weighted by atomic mass is 9.91. The highest BCUT2D eigenvalue weighted by atomic mass is 16.2. The van der Waals surface area contributed by atoms with Gasteiger partial charge in [-0.15, -0.1) is 0 Å². The fourth-order valence-electron chi connectivity index (χ4n) is 3.94. The SMILES string of the molecule is CN1C(=O)C(c2ncc(C#Cc3ccccc3)cn2)C2CCC[C@@H]21. The first-order valence-corrected chi connectivity index (χ1v) is 8.40. The summed E-state index contributed by atoms with van der Waals surface area (Å²) in [5.41, 5.74) is 1.73. The molecule has 1 amide bonds. The van der Waals surface area contributed by atoms with Crippen molar-refractivity contribution in [2.75, 3.05) is 7.05 Å². The first kappa shape index (κ1) is 14.9. The van der Waals surface area contributed by atoms with E-state index in [2.05, 4.69) is 21.8 Å². The van der Waals surface area contributed by atoms with Crippen LogP contribution in [0.2, 0.25) is 0 Å². The molecule has 0 bridgehead atoms. The van der Waals surface area contributed by atoms with E-state index < -0.39 is 0 Å². The smallest absolute Gasteiger partial charge is 0.233 e. The zero-order valence-corrected chi connectivity index (χ0v) is 13.6. The van der Waals surface area contributed by atoms with Gasteiger partial charge in [0.25, 0.3) is 0 Å². The predicted molar refractivity (Wildman–Crippen MR) is 91.1 cm³/mol. The molecule has 24 heavy (non-hydrogen) atoms. The van der Waals surface area contributed by atoms with Crippen molar-refractivity contribution in [3.05, 3.63) is 59.7 Å². The number of fused-ring (bicyclic) bond motifs is 1. The number of hydrogen-bond acceptors (Lipinski definition) is 3. The highest BCUT2D eigenvalue weighted by Gasteiger charge is 2.50. The third-order valence-corrected chi connectivity index (χ3v) is 5.15. The highest BCUT2D eigenvalue weighted by molar-refractivity contribution is 5.86. The Balaban J connectivity index is 1.56. The Kier molecular flexibility index (Phi) is 3.78. The lowest BCUT2D eigenvalue weighted by Crippen LogP contribution is -2.29. The van der Waals surface area contributed by atoms with Gasteiger partial charge in [0.2, 0.25) is 5.91 Å². The molecule has 0 spiro atoms. The van der Waals surface area contributed by atoms with Crippen LogP contribution in [0.25, 0.3) is 0 Å². The molecule has 0 N–H and O–H groups in total. The summed E-state index contributed by atoms with van der Waals surface area (Å²) in [5, 5.41) is 0. The lowest BCUT2D eigenvalue weighted by Gasteiger charge is -2.17. The van der Waals surface area contributed by atoms with Crippen LogP contribution in [0, 0.1) is 17.8 Å². The molecule has 1 saturated heterocycles. The molecular weight excluding hydrogens is 298 g/mol. The Hall–Kier alpha value is -2.67. The van der Waals surface area contributed by atoms with Gasteiger partial charge in [0.15, 0.2) is 0 Å². The van der Waals surface area contributed by atoms with Crippen molar-refractivity contribution in [3.8, 4) is 11.8 Å². The maximum Gasteiger partial charge on any atom is 0.233 e. The second kappa shape index (κ2) is 6.09. The zero-order chi connectivity index (χ0) is 16.5. The quantitative estimate of drug-likeness (QED) is 0.760. The summed E-state index contributed by atoms with van der Waals surface area (Å²) in [6.07, 6.45) is 6.83. The summed E-state index contributed by atoms with van der Waals surface area (Å²) in [6, 6.07) is 10.2. The Labute approximate surface area is 141 Å². The molecule has 2 aliphatic rings. The van der Waals surface area contributed by atoms with Crippen molar-refractivity contribution in [2.45, 2.75) is 31.2 Å². The van der Waals surface area contributed by atoms with Crippen LogP contribution in [0.3, 0.4) is 0 Å². The molecule has 0 radical (unpaired) electrons. The molecule has 1 aliphatic carbocycles. The van der Waals surface area contributed by atoms with Crippen LogP contribution in [0.5, 0.6) is 0 Å². The fourth-order valence-corrected chi connectivity index (χ4v) is 3.94. The molecule has 1 aromatic carbocycles. The molecule has 2 heterocycles. The first-order chi connectivity index (χ1) is 11.7. The molecule has 4 heteroatoms. The van der Waals surface area contributed by atoms with Crippen molar-refractivity contribution in [1.82, 2.24) is 14.9 Å². The monoisotopic (exact) mass is 317 g/mol. The van der Waals surface area contributed by atoms with Crippen molar-refractivity contribution in [1.29, 1.82) is 0 Å². The number of rotatable bonds is 1. The summed E-state index contributed by atoms with van der Waals surface area (Å²) in [7, 11) is 1.91. The molecular formula is C20H19N3O. The number of aromatic nitrogens is 2. The van der Waals surface area contributed by atoms with Crippen LogP contribution in [0.1, 0.15) is 42.1 Å². The second-order valence-electron chi connectivity index (χ2n) is 6.53. The number of likely N-dealkylation sites (tertiary alicyclic amines) is 1. The summed E-state index contributed by atoms with van der Waals surface area (Å²) in [4.78, 5) is 23.3. The minimum Gasteiger partial charge on any atom is -0.342 e.